The molecule has 0 saturated carbocycles. The predicted octanol–water partition coefficient (Wildman–Crippen LogP) is 2.39. The molecule has 2 N–H and O–H groups in total. The van der Waals surface area contributed by atoms with Crippen molar-refractivity contribution in [1.29, 1.82) is 0 Å². The second-order valence-corrected chi connectivity index (χ2v) is 7.16. The molecule has 3 aromatic heterocycles. The molecule has 0 aliphatic carbocycles. The van der Waals surface area contributed by atoms with Crippen LogP contribution in [0.2, 0.25) is 0 Å². The topological polar surface area (TPSA) is 95.5 Å². The lowest BCUT2D eigenvalue weighted by molar-refractivity contribution is -0.125. The number of amides is 1. The first-order chi connectivity index (χ1) is 15.0. The lowest BCUT2D eigenvalue weighted by atomic mass is 10.2. The molecule has 1 amide bonds. The Morgan fingerprint density at radius 2 is 2.03 bits per heavy atom. The van der Waals surface area contributed by atoms with Crippen LogP contribution in [0.1, 0.15) is 23.6 Å². The summed E-state index contributed by atoms with van der Waals surface area (Å²) < 4.78 is 12.6. The number of likely N-dealkylation sites (tertiary alicyclic amines) is 1. The molecule has 1 atom stereocenters. The zero-order chi connectivity index (χ0) is 22.0. The molecule has 0 radical (unpaired) electrons. The highest BCUT2D eigenvalue weighted by Crippen LogP contribution is 2.31. The number of rotatable bonds is 4. The maximum absolute atomic E-state index is 12.0. The summed E-state index contributed by atoms with van der Waals surface area (Å²) in [6, 6.07) is 5.54. The van der Waals surface area contributed by atoms with Gasteiger partial charge in [-0.2, -0.15) is 4.98 Å². The first kappa shape index (κ1) is 20.3. The number of nitrogen functional groups attached to an aromatic ring is 1. The number of fused-ring (bicyclic) bond motifs is 1. The van der Waals surface area contributed by atoms with Crippen LogP contribution in [0.3, 0.4) is 0 Å². The van der Waals surface area contributed by atoms with Crippen LogP contribution < -0.4 is 15.2 Å². The van der Waals surface area contributed by atoms with Crippen molar-refractivity contribution in [3.8, 4) is 23.6 Å². The Kier molecular flexibility index (Phi) is 5.50. The van der Waals surface area contributed by atoms with E-state index in [9.17, 15) is 4.79 Å². The SMILES string of the molecule is C=CC(=O)N1CCC(n2cc(C#Cc3cc(OC)nc(OC)c3)c3c(N)nccc32)C1. The Balaban J connectivity index is 1.75. The predicted molar refractivity (Wildman–Crippen MR) is 118 cm³/mol. The number of anilines is 1. The van der Waals surface area contributed by atoms with Crippen molar-refractivity contribution in [1.82, 2.24) is 19.4 Å². The molecule has 8 nitrogen and oxygen atoms in total. The first-order valence-corrected chi connectivity index (χ1v) is 9.82. The molecule has 1 aliphatic rings. The molecule has 1 fully saturated rings. The molecular weight excluding hydrogens is 394 g/mol. The molecule has 0 spiro atoms. The van der Waals surface area contributed by atoms with Crippen LogP contribution in [0, 0.1) is 11.8 Å². The second kappa shape index (κ2) is 8.40. The van der Waals surface area contributed by atoms with Gasteiger partial charge in [0, 0.05) is 43.2 Å². The smallest absolute Gasteiger partial charge is 0.246 e. The third-order valence-electron chi connectivity index (χ3n) is 5.36. The zero-order valence-corrected chi connectivity index (χ0v) is 17.5. The molecule has 0 bridgehead atoms. The van der Waals surface area contributed by atoms with Gasteiger partial charge in [-0.1, -0.05) is 18.4 Å². The molecule has 158 valence electrons. The highest BCUT2D eigenvalue weighted by molar-refractivity contribution is 5.95. The second-order valence-electron chi connectivity index (χ2n) is 7.16. The Hall–Kier alpha value is -3.99. The number of nitrogens with two attached hydrogens (primary N) is 1. The van der Waals surface area contributed by atoms with Gasteiger partial charge in [0.2, 0.25) is 17.7 Å². The third-order valence-corrected chi connectivity index (χ3v) is 5.36. The molecule has 4 heterocycles. The Morgan fingerprint density at radius 3 is 2.71 bits per heavy atom. The molecule has 0 aromatic carbocycles. The van der Waals surface area contributed by atoms with Crippen molar-refractivity contribution < 1.29 is 14.3 Å². The Morgan fingerprint density at radius 1 is 1.29 bits per heavy atom. The van der Waals surface area contributed by atoms with Crippen LogP contribution in [0.15, 0.2) is 43.2 Å². The summed E-state index contributed by atoms with van der Waals surface area (Å²) in [5, 5.41) is 0.802. The monoisotopic (exact) mass is 417 g/mol. The summed E-state index contributed by atoms with van der Waals surface area (Å²) >= 11 is 0. The number of carbonyl (C=O) groups is 1. The van der Waals surface area contributed by atoms with E-state index in [1.165, 1.54) is 6.08 Å². The van der Waals surface area contributed by atoms with Gasteiger partial charge in [-0.3, -0.25) is 4.79 Å². The maximum Gasteiger partial charge on any atom is 0.246 e. The molecule has 1 aliphatic heterocycles. The van der Waals surface area contributed by atoms with Crippen LogP contribution in [-0.4, -0.2) is 52.7 Å². The summed E-state index contributed by atoms with van der Waals surface area (Å²) in [4.78, 5) is 22.2. The number of methoxy groups -OCH3 is 2. The standard InChI is InChI=1S/C23H23N5O3/c1-4-21(29)27-10-8-17(14-27)28-13-16(22-18(28)7-9-25-23(22)24)6-5-15-11-19(30-2)26-20(12-15)31-3/h4,7,9,11-13,17H,1,8,10,14H2,2-3H3,(H2,24,25). The van der Waals surface area contributed by atoms with Gasteiger partial charge < -0.3 is 24.7 Å². The Bertz CT molecular complexity index is 1200. The molecular formula is C23H23N5O3. The molecule has 4 rings (SSSR count). The van der Waals surface area contributed by atoms with Gasteiger partial charge in [-0.25, -0.2) is 4.98 Å². The highest BCUT2D eigenvalue weighted by Gasteiger charge is 2.27. The van der Waals surface area contributed by atoms with E-state index in [4.69, 9.17) is 15.2 Å². The van der Waals surface area contributed by atoms with Gasteiger partial charge in [0.1, 0.15) is 5.82 Å². The van der Waals surface area contributed by atoms with Crippen molar-refractivity contribution >= 4 is 22.6 Å². The van der Waals surface area contributed by atoms with Crippen LogP contribution in [-0.2, 0) is 4.79 Å². The van der Waals surface area contributed by atoms with Gasteiger partial charge >= 0.3 is 0 Å². The van der Waals surface area contributed by atoms with E-state index in [1.807, 2.05) is 12.3 Å². The van der Waals surface area contributed by atoms with E-state index in [0.29, 0.717) is 36.2 Å². The summed E-state index contributed by atoms with van der Waals surface area (Å²) in [5.74, 6) is 7.56. The van der Waals surface area contributed by atoms with E-state index in [2.05, 4.69) is 33.0 Å². The van der Waals surface area contributed by atoms with Crippen molar-refractivity contribution in [2.75, 3.05) is 33.0 Å². The van der Waals surface area contributed by atoms with Crippen LogP contribution in [0.25, 0.3) is 10.9 Å². The highest BCUT2D eigenvalue weighted by atomic mass is 16.5. The fraction of sp³-hybridized carbons (Fsp3) is 0.261. The molecule has 1 saturated heterocycles. The van der Waals surface area contributed by atoms with Gasteiger partial charge in [0.25, 0.3) is 0 Å². The van der Waals surface area contributed by atoms with Crippen molar-refractivity contribution in [3.05, 3.63) is 54.4 Å². The quantitative estimate of drug-likeness (QED) is 0.517. The largest absolute Gasteiger partial charge is 0.481 e. The van der Waals surface area contributed by atoms with Crippen molar-refractivity contribution in [2.45, 2.75) is 12.5 Å². The van der Waals surface area contributed by atoms with Gasteiger partial charge in [0.15, 0.2) is 0 Å². The van der Waals surface area contributed by atoms with Gasteiger partial charge in [-0.15, -0.1) is 0 Å². The fourth-order valence-corrected chi connectivity index (χ4v) is 3.83. The lowest BCUT2D eigenvalue weighted by Gasteiger charge is -2.16. The minimum Gasteiger partial charge on any atom is -0.481 e. The van der Waals surface area contributed by atoms with E-state index < -0.39 is 0 Å². The van der Waals surface area contributed by atoms with Crippen LogP contribution in [0.5, 0.6) is 11.8 Å². The molecule has 1 unspecified atom stereocenters. The summed E-state index contributed by atoms with van der Waals surface area (Å²) in [6.07, 6.45) is 5.87. The Labute approximate surface area is 180 Å². The van der Waals surface area contributed by atoms with Crippen LogP contribution in [0.4, 0.5) is 5.82 Å². The summed E-state index contributed by atoms with van der Waals surface area (Å²) in [7, 11) is 3.09. The summed E-state index contributed by atoms with van der Waals surface area (Å²) in [5.41, 5.74) is 8.62. The van der Waals surface area contributed by atoms with Crippen molar-refractivity contribution in [3.63, 3.8) is 0 Å². The number of carbonyl (C=O) groups excluding carboxylic acids is 1. The number of ether oxygens (including phenoxy) is 2. The number of aromatic nitrogens is 3. The van der Waals surface area contributed by atoms with E-state index in [-0.39, 0.29) is 11.9 Å². The average Bonchev–Trinajstić information content (AvgIpc) is 3.42. The lowest BCUT2D eigenvalue weighted by Crippen LogP contribution is -2.27. The maximum atomic E-state index is 12.0. The van der Waals surface area contributed by atoms with E-state index in [0.717, 1.165) is 22.9 Å². The number of hydrogen-bond acceptors (Lipinski definition) is 6. The zero-order valence-electron chi connectivity index (χ0n) is 17.5. The van der Waals surface area contributed by atoms with Gasteiger partial charge in [-0.05, 0) is 18.6 Å². The van der Waals surface area contributed by atoms with E-state index >= 15 is 0 Å². The van der Waals surface area contributed by atoms with Crippen molar-refractivity contribution in [2.24, 2.45) is 0 Å². The number of nitrogens with zero attached hydrogens (tertiary/aromatic N) is 4. The van der Waals surface area contributed by atoms with Gasteiger partial charge in [0.05, 0.1) is 36.7 Å². The fourth-order valence-electron chi connectivity index (χ4n) is 3.83. The normalized spacial score (nSPS) is 15.4. The number of hydrogen-bond donors (Lipinski definition) is 1. The van der Waals surface area contributed by atoms with E-state index in [1.54, 1.807) is 37.4 Å². The number of pyridine rings is 2. The average molecular weight is 417 g/mol. The molecule has 3 aromatic rings. The van der Waals surface area contributed by atoms with Crippen LogP contribution >= 0.6 is 0 Å². The third kappa shape index (κ3) is 3.90. The first-order valence-electron chi connectivity index (χ1n) is 9.82. The summed E-state index contributed by atoms with van der Waals surface area (Å²) in [6.45, 7) is 4.88. The molecule has 8 heteroatoms. The molecule has 31 heavy (non-hydrogen) atoms. The minimum absolute atomic E-state index is 0.0549. The minimum atomic E-state index is -0.0549.